The molecule has 0 spiro atoms. The van der Waals surface area contributed by atoms with E-state index in [2.05, 4.69) is 10.1 Å². The van der Waals surface area contributed by atoms with E-state index in [4.69, 9.17) is 17.3 Å². The van der Waals surface area contributed by atoms with Crippen LogP contribution >= 0.6 is 22.9 Å². The Morgan fingerprint density at radius 2 is 2.12 bits per heavy atom. The molecule has 2 N–H and O–H groups in total. The van der Waals surface area contributed by atoms with E-state index in [0.29, 0.717) is 0 Å². The summed E-state index contributed by atoms with van der Waals surface area (Å²) in [5.41, 5.74) is 6.06. The lowest BCUT2D eigenvalue weighted by atomic mass is 10.1. The molecule has 0 aliphatic rings. The van der Waals surface area contributed by atoms with Crippen molar-refractivity contribution in [2.75, 3.05) is 0 Å². The summed E-state index contributed by atoms with van der Waals surface area (Å²) in [4.78, 5) is 5.42. The van der Waals surface area contributed by atoms with Crippen LogP contribution in [-0.4, -0.2) is 20.8 Å². The molecule has 2 aromatic heterocycles. The quantitative estimate of drug-likeness (QED) is 0.933. The van der Waals surface area contributed by atoms with E-state index >= 15 is 0 Å². The first-order valence-corrected chi connectivity index (χ1v) is 6.59. The lowest BCUT2D eigenvalue weighted by Crippen LogP contribution is -2.31. The van der Waals surface area contributed by atoms with Crippen LogP contribution in [0.4, 0.5) is 0 Å². The number of hydrogen-bond donors (Lipinski definition) is 1. The van der Waals surface area contributed by atoms with E-state index in [-0.39, 0.29) is 12.1 Å². The van der Waals surface area contributed by atoms with Gasteiger partial charge in [-0.15, -0.1) is 11.3 Å². The third-order valence-electron chi connectivity index (χ3n) is 2.55. The zero-order valence-corrected chi connectivity index (χ0v) is 11.6. The maximum Gasteiger partial charge on any atom is 0.147 e. The maximum absolute atomic E-state index is 6.06. The van der Waals surface area contributed by atoms with Gasteiger partial charge in [-0.05, 0) is 32.9 Å². The van der Waals surface area contributed by atoms with Crippen molar-refractivity contribution in [2.45, 2.75) is 32.9 Å². The summed E-state index contributed by atoms with van der Waals surface area (Å²) in [5, 5.41) is 4.41. The Hall–Kier alpha value is -0.910. The van der Waals surface area contributed by atoms with Gasteiger partial charge in [0.05, 0.1) is 4.34 Å². The minimum atomic E-state index is -0.0514. The van der Waals surface area contributed by atoms with Crippen molar-refractivity contribution in [3.8, 4) is 0 Å². The molecular weight excluding hydrogens is 256 g/mol. The van der Waals surface area contributed by atoms with Crippen LogP contribution in [0.15, 0.2) is 12.1 Å². The second-order valence-electron chi connectivity index (χ2n) is 4.10. The standard InChI is InChI=1S/C11H15ClN4S/c1-6(13)11(9-4-5-10(12)17-9)16-8(3)14-7(2)15-16/h4-6,11H,13H2,1-3H3. The first-order chi connectivity index (χ1) is 7.99. The summed E-state index contributed by atoms with van der Waals surface area (Å²) >= 11 is 7.51. The molecule has 2 heterocycles. The Balaban J connectivity index is 2.46. The SMILES string of the molecule is Cc1nc(C)n(C(c2ccc(Cl)s2)C(C)N)n1. The predicted octanol–water partition coefficient (Wildman–Crippen LogP) is 2.55. The van der Waals surface area contributed by atoms with Gasteiger partial charge in [-0.3, -0.25) is 0 Å². The van der Waals surface area contributed by atoms with E-state index in [1.54, 1.807) is 0 Å². The molecule has 2 unspecified atom stereocenters. The fourth-order valence-electron chi connectivity index (χ4n) is 1.89. The average Bonchev–Trinajstić information content (AvgIpc) is 2.75. The molecule has 92 valence electrons. The summed E-state index contributed by atoms with van der Waals surface area (Å²) < 4.78 is 2.64. The smallest absolute Gasteiger partial charge is 0.147 e. The molecule has 0 aliphatic carbocycles. The van der Waals surface area contributed by atoms with E-state index in [1.807, 2.05) is 37.6 Å². The highest BCUT2D eigenvalue weighted by Crippen LogP contribution is 2.31. The molecule has 4 nitrogen and oxygen atoms in total. The van der Waals surface area contributed by atoms with Crippen molar-refractivity contribution in [3.63, 3.8) is 0 Å². The van der Waals surface area contributed by atoms with Gasteiger partial charge in [-0.2, -0.15) is 5.10 Å². The maximum atomic E-state index is 6.06. The van der Waals surface area contributed by atoms with Crippen molar-refractivity contribution >= 4 is 22.9 Å². The van der Waals surface area contributed by atoms with Crippen molar-refractivity contribution in [1.29, 1.82) is 0 Å². The van der Waals surface area contributed by atoms with Gasteiger partial charge in [0.15, 0.2) is 0 Å². The van der Waals surface area contributed by atoms with Crippen molar-refractivity contribution in [3.05, 3.63) is 33.0 Å². The molecular formula is C11H15ClN4S. The number of nitrogens with zero attached hydrogens (tertiary/aromatic N) is 3. The van der Waals surface area contributed by atoms with Gasteiger partial charge in [-0.1, -0.05) is 11.6 Å². The molecule has 2 atom stereocenters. The molecule has 0 aliphatic heterocycles. The van der Waals surface area contributed by atoms with Crippen LogP contribution in [0.2, 0.25) is 4.34 Å². The number of thiophene rings is 1. The molecule has 2 rings (SSSR count). The minimum absolute atomic E-state index is 0.00583. The van der Waals surface area contributed by atoms with E-state index in [0.717, 1.165) is 20.9 Å². The van der Waals surface area contributed by atoms with Gasteiger partial charge in [-0.25, -0.2) is 9.67 Å². The molecule has 0 aromatic carbocycles. The van der Waals surface area contributed by atoms with E-state index in [9.17, 15) is 0 Å². The van der Waals surface area contributed by atoms with Crippen molar-refractivity contribution in [2.24, 2.45) is 5.73 Å². The lowest BCUT2D eigenvalue weighted by molar-refractivity contribution is 0.448. The molecule has 0 amide bonds. The molecule has 17 heavy (non-hydrogen) atoms. The molecule has 6 heteroatoms. The molecule has 0 saturated heterocycles. The van der Waals surface area contributed by atoms with Crippen LogP contribution < -0.4 is 5.73 Å². The fourth-order valence-corrected chi connectivity index (χ4v) is 3.15. The Kier molecular flexibility index (Phi) is 3.51. The van der Waals surface area contributed by atoms with Gasteiger partial charge in [0.25, 0.3) is 0 Å². The monoisotopic (exact) mass is 270 g/mol. The van der Waals surface area contributed by atoms with Crippen LogP contribution in [0.5, 0.6) is 0 Å². The summed E-state index contributed by atoms with van der Waals surface area (Å²) in [5.74, 6) is 1.63. The van der Waals surface area contributed by atoms with E-state index < -0.39 is 0 Å². The van der Waals surface area contributed by atoms with Gasteiger partial charge in [0.1, 0.15) is 17.7 Å². The number of rotatable bonds is 3. The number of nitrogens with two attached hydrogens (primary N) is 1. The Bertz CT molecular complexity index is 517. The van der Waals surface area contributed by atoms with Crippen molar-refractivity contribution in [1.82, 2.24) is 14.8 Å². The van der Waals surface area contributed by atoms with Crippen LogP contribution in [0.3, 0.4) is 0 Å². The normalized spacial score (nSPS) is 14.9. The number of aromatic nitrogens is 3. The largest absolute Gasteiger partial charge is 0.326 e. The fraction of sp³-hybridized carbons (Fsp3) is 0.455. The lowest BCUT2D eigenvalue weighted by Gasteiger charge is -2.20. The highest BCUT2D eigenvalue weighted by Gasteiger charge is 2.23. The number of hydrogen-bond acceptors (Lipinski definition) is 4. The third-order valence-corrected chi connectivity index (χ3v) is 3.86. The van der Waals surface area contributed by atoms with Gasteiger partial charge in [0.2, 0.25) is 0 Å². The third kappa shape index (κ3) is 2.51. The number of halogens is 1. The molecule has 0 bridgehead atoms. The second-order valence-corrected chi connectivity index (χ2v) is 5.84. The second kappa shape index (κ2) is 4.76. The predicted molar refractivity (Wildman–Crippen MR) is 70.6 cm³/mol. The summed E-state index contributed by atoms with van der Waals surface area (Å²) in [6.07, 6.45) is 0. The highest BCUT2D eigenvalue weighted by atomic mass is 35.5. The molecule has 0 radical (unpaired) electrons. The zero-order chi connectivity index (χ0) is 12.6. The molecule has 0 saturated carbocycles. The summed E-state index contributed by atoms with van der Waals surface area (Å²) in [6.45, 7) is 5.78. The minimum Gasteiger partial charge on any atom is -0.326 e. The van der Waals surface area contributed by atoms with E-state index in [1.165, 1.54) is 11.3 Å². The molecule has 2 aromatic rings. The Morgan fingerprint density at radius 3 is 2.53 bits per heavy atom. The zero-order valence-electron chi connectivity index (χ0n) is 10.0. The van der Waals surface area contributed by atoms with Crippen LogP contribution in [0, 0.1) is 13.8 Å². The Labute approximate surface area is 109 Å². The van der Waals surface area contributed by atoms with Crippen molar-refractivity contribution < 1.29 is 0 Å². The average molecular weight is 271 g/mol. The Morgan fingerprint density at radius 1 is 1.41 bits per heavy atom. The first kappa shape index (κ1) is 12.5. The first-order valence-electron chi connectivity index (χ1n) is 5.39. The van der Waals surface area contributed by atoms with Gasteiger partial charge in [0, 0.05) is 10.9 Å². The van der Waals surface area contributed by atoms with Gasteiger partial charge < -0.3 is 5.73 Å². The van der Waals surface area contributed by atoms with Crippen LogP contribution in [0.1, 0.15) is 29.5 Å². The summed E-state index contributed by atoms with van der Waals surface area (Å²) in [7, 11) is 0. The highest BCUT2D eigenvalue weighted by molar-refractivity contribution is 7.16. The van der Waals surface area contributed by atoms with Crippen LogP contribution in [0.25, 0.3) is 0 Å². The topological polar surface area (TPSA) is 56.7 Å². The molecule has 0 fully saturated rings. The van der Waals surface area contributed by atoms with Gasteiger partial charge >= 0.3 is 0 Å². The summed E-state index contributed by atoms with van der Waals surface area (Å²) in [6, 6.07) is 3.83. The van der Waals surface area contributed by atoms with Crippen LogP contribution in [-0.2, 0) is 0 Å². The number of aryl methyl sites for hydroxylation is 2.